The first-order chi connectivity index (χ1) is 13.9. The van der Waals surface area contributed by atoms with Crippen molar-refractivity contribution in [3.05, 3.63) is 58.6 Å². The van der Waals surface area contributed by atoms with Crippen LogP contribution in [0.3, 0.4) is 0 Å². The van der Waals surface area contributed by atoms with Crippen LogP contribution < -0.4 is 10.6 Å². The van der Waals surface area contributed by atoms with Gasteiger partial charge in [0.15, 0.2) is 5.82 Å². The molecule has 8 nitrogen and oxygen atoms in total. The van der Waals surface area contributed by atoms with E-state index in [2.05, 4.69) is 20.9 Å². The summed E-state index contributed by atoms with van der Waals surface area (Å²) >= 11 is 6.17. The highest BCUT2D eigenvalue weighted by atomic mass is 35.5. The van der Waals surface area contributed by atoms with Gasteiger partial charge in [-0.25, -0.2) is 9.48 Å². The molecule has 9 heteroatoms. The molecule has 2 amide bonds. The molecule has 0 spiro atoms. The summed E-state index contributed by atoms with van der Waals surface area (Å²) in [7, 11) is 1.67. The second-order valence-corrected chi connectivity index (χ2v) is 7.11. The Morgan fingerprint density at radius 1 is 1.31 bits per heavy atom. The van der Waals surface area contributed by atoms with Crippen LogP contribution in [-0.4, -0.2) is 27.0 Å². The lowest BCUT2D eigenvalue weighted by molar-refractivity contribution is -0.115. The maximum atomic E-state index is 12.5. The van der Waals surface area contributed by atoms with Gasteiger partial charge in [0.1, 0.15) is 11.8 Å². The number of aryl methyl sites for hydroxylation is 1. The maximum Gasteiger partial charge on any atom is 0.413 e. The number of amides is 2. The summed E-state index contributed by atoms with van der Waals surface area (Å²) in [5.74, 6) is 0.338. The van der Waals surface area contributed by atoms with E-state index in [1.807, 2.05) is 30.3 Å². The van der Waals surface area contributed by atoms with Crippen LogP contribution in [0.1, 0.15) is 24.2 Å². The number of ether oxygens (including phenoxy) is 1. The minimum absolute atomic E-state index is 0.0493. The van der Waals surface area contributed by atoms with Gasteiger partial charge >= 0.3 is 6.09 Å². The number of aromatic nitrogens is 3. The highest BCUT2D eigenvalue weighted by Crippen LogP contribution is 2.32. The van der Waals surface area contributed by atoms with Crippen molar-refractivity contribution in [1.29, 1.82) is 0 Å². The van der Waals surface area contributed by atoms with Crippen molar-refractivity contribution >= 4 is 35.1 Å². The van der Waals surface area contributed by atoms with E-state index in [1.54, 1.807) is 26.1 Å². The molecule has 148 valence electrons. The van der Waals surface area contributed by atoms with Gasteiger partial charge in [-0.3, -0.25) is 10.1 Å². The first-order valence-corrected chi connectivity index (χ1v) is 9.35. The van der Waals surface area contributed by atoms with Crippen molar-refractivity contribution < 1.29 is 14.3 Å². The molecule has 4 rings (SSSR count). The molecule has 29 heavy (non-hydrogen) atoms. The lowest BCUT2D eigenvalue weighted by Crippen LogP contribution is -2.18. The first kappa shape index (κ1) is 18.9. The van der Waals surface area contributed by atoms with Crippen LogP contribution in [0, 0.1) is 0 Å². The van der Waals surface area contributed by atoms with E-state index in [1.165, 1.54) is 4.68 Å². The Morgan fingerprint density at radius 2 is 2.10 bits per heavy atom. The van der Waals surface area contributed by atoms with Gasteiger partial charge in [0, 0.05) is 28.9 Å². The van der Waals surface area contributed by atoms with Crippen LogP contribution in [0.15, 0.2) is 42.5 Å². The van der Waals surface area contributed by atoms with Gasteiger partial charge in [0.25, 0.3) is 0 Å². The number of hydrogen-bond acceptors (Lipinski definition) is 5. The Hall–Kier alpha value is -3.39. The SMILES string of the molecule is C[C@@H](OC(=O)Nc1c(-c2ccc3c(c2)CC(=O)N3)nnn1C)c1ccccc1Cl. The molecule has 1 atom stereocenters. The molecule has 0 saturated heterocycles. The molecular weight excluding hydrogens is 394 g/mol. The van der Waals surface area contributed by atoms with Gasteiger partial charge in [0.05, 0.1) is 6.42 Å². The van der Waals surface area contributed by atoms with Gasteiger partial charge in [-0.1, -0.05) is 41.1 Å². The normalized spacial score (nSPS) is 13.6. The maximum absolute atomic E-state index is 12.5. The molecule has 2 aromatic carbocycles. The fourth-order valence-corrected chi connectivity index (χ4v) is 3.51. The third kappa shape index (κ3) is 3.79. The molecule has 2 N–H and O–H groups in total. The zero-order chi connectivity index (χ0) is 20.5. The second-order valence-electron chi connectivity index (χ2n) is 6.70. The summed E-state index contributed by atoms with van der Waals surface area (Å²) in [6, 6.07) is 12.7. The van der Waals surface area contributed by atoms with Gasteiger partial charge in [0.2, 0.25) is 5.91 Å². The zero-order valence-corrected chi connectivity index (χ0v) is 16.5. The van der Waals surface area contributed by atoms with E-state index >= 15 is 0 Å². The predicted molar refractivity (Wildman–Crippen MR) is 109 cm³/mol. The monoisotopic (exact) mass is 411 g/mol. The van der Waals surface area contributed by atoms with Crippen molar-refractivity contribution in [3.63, 3.8) is 0 Å². The fourth-order valence-electron chi connectivity index (χ4n) is 3.22. The van der Waals surface area contributed by atoms with E-state index in [9.17, 15) is 9.59 Å². The van der Waals surface area contributed by atoms with Crippen LogP contribution in [-0.2, 0) is 23.0 Å². The van der Waals surface area contributed by atoms with Crippen LogP contribution in [0.4, 0.5) is 16.3 Å². The molecule has 0 fully saturated rings. The summed E-state index contributed by atoms with van der Waals surface area (Å²) < 4.78 is 6.92. The van der Waals surface area contributed by atoms with Gasteiger partial charge in [-0.05, 0) is 30.7 Å². The quantitative estimate of drug-likeness (QED) is 0.677. The van der Waals surface area contributed by atoms with Crippen LogP contribution in [0.25, 0.3) is 11.3 Å². The van der Waals surface area contributed by atoms with Crippen molar-refractivity contribution in [1.82, 2.24) is 15.0 Å². The summed E-state index contributed by atoms with van der Waals surface area (Å²) in [5.41, 5.74) is 3.59. The molecule has 0 bridgehead atoms. The van der Waals surface area contributed by atoms with Crippen LogP contribution >= 0.6 is 11.6 Å². The summed E-state index contributed by atoms with van der Waals surface area (Å²) in [5, 5.41) is 14.2. The molecule has 2 heterocycles. The highest BCUT2D eigenvalue weighted by molar-refractivity contribution is 6.31. The average Bonchev–Trinajstić information content (AvgIpc) is 3.23. The third-order valence-electron chi connectivity index (χ3n) is 4.68. The number of nitrogens with zero attached hydrogens (tertiary/aromatic N) is 3. The Labute approximate surface area is 171 Å². The smallest absolute Gasteiger partial charge is 0.413 e. The first-order valence-electron chi connectivity index (χ1n) is 8.97. The summed E-state index contributed by atoms with van der Waals surface area (Å²) in [4.78, 5) is 24.1. The predicted octanol–water partition coefficient (Wildman–Crippen LogP) is 3.94. The largest absolute Gasteiger partial charge is 0.441 e. The van der Waals surface area contributed by atoms with Gasteiger partial charge in [-0.15, -0.1) is 5.10 Å². The summed E-state index contributed by atoms with van der Waals surface area (Å²) in [6.07, 6.45) is -0.878. The number of halogens is 1. The van der Waals surface area contributed by atoms with E-state index in [0.29, 0.717) is 28.5 Å². The molecule has 1 aliphatic rings. The lowest BCUT2D eigenvalue weighted by Gasteiger charge is -2.15. The number of carbonyl (C=O) groups excluding carboxylic acids is 2. The number of rotatable bonds is 4. The molecule has 1 aromatic heterocycles. The molecule has 3 aromatic rings. The minimum Gasteiger partial charge on any atom is -0.441 e. The molecule has 0 unspecified atom stereocenters. The van der Waals surface area contributed by atoms with E-state index in [4.69, 9.17) is 16.3 Å². The number of fused-ring (bicyclic) bond motifs is 1. The van der Waals surface area contributed by atoms with E-state index < -0.39 is 12.2 Å². The number of benzene rings is 2. The van der Waals surface area contributed by atoms with Gasteiger partial charge in [-0.2, -0.15) is 0 Å². The number of anilines is 2. The zero-order valence-electron chi connectivity index (χ0n) is 15.8. The minimum atomic E-state index is -0.651. The Morgan fingerprint density at radius 3 is 2.90 bits per heavy atom. The second kappa shape index (κ2) is 7.56. The Balaban J connectivity index is 1.54. The third-order valence-corrected chi connectivity index (χ3v) is 5.02. The topological polar surface area (TPSA) is 98.1 Å². The molecule has 0 radical (unpaired) electrons. The van der Waals surface area contributed by atoms with Crippen molar-refractivity contribution in [2.45, 2.75) is 19.4 Å². The number of hydrogen-bond donors (Lipinski definition) is 2. The van der Waals surface area contributed by atoms with Crippen molar-refractivity contribution in [2.75, 3.05) is 10.6 Å². The Kier molecular flexibility index (Phi) is 4.94. The molecule has 0 aliphatic carbocycles. The van der Waals surface area contributed by atoms with E-state index in [0.717, 1.165) is 16.8 Å². The van der Waals surface area contributed by atoms with Crippen LogP contribution in [0.5, 0.6) is 0 Å². The number of carbonyl (C=O) groups is 2. The Bertz CT molecular complexity index is 1110. The van der Waals surface area contributed by atoms with Gasteiger partial charge < -0.3 is 10.1 Å². The van der Waals surface area contributed by atoms with Crippen LogP contribution in [0.2, 0.25) is 5.02 Å². The summed E-state index contributed by atoms with van der Waals surface area (Å²) in [6.45, 7) is 1.74. The lowest BCUT2D eigenvalue weighted by atomic mass is 10.1. The highest BCUT2D eigenvalue weighted by Gasteiger charge is 2.22. The van der Waals surface area contributed by atoms with Crippen molar-refractivity contribution in [3.8, 4) is 11.3 Å². The molecule has 1 aliphatic heterocycles. The average molecular weight is 412 g/mol. The molecular formula is C20H18ClN5O3. The van der Waals surface area contributed by atoms with E-state index in [-0.39, 0.29) is 5.91 Å². The number of nitrogens with one attached hydrogen (secondary N) is 2. The van der Waals surface area contributed by atoms with Crippen molar-refractivity contribution in [2.24, 2.45) is 7.05 Å². The fraction of sp³-hybridized carbons (Fsp3) is 0.200. The standard InChI is InChI=1S/C20H18ClN5O3/c1-11(14-5-3-4-6-15(14)21)29-20(28)23-19-18(24-25-26(19)2)12-7-8-16-13(9-12)10-17(27)22-16/h3-9,11H,10H2,1-2H3,(H,22,27)(H,23,28)/t11-/m1/s1. The molecule has 0 saturated carbocycles.